The third-order valence-corrected chi connectivity index (χ3v) is 4.95. The molecule has 0 saturated heterocycles. The number of hydrogen-bond acceptors (Lipinski definition) is 2. The normalized spacial score (nSPS) is 31.9. The van der Waals surface area contributed by atoms with Gasteiger partial charge in [-0.3, -0.25) is 4.79 Å². The first-order valence-corrected chi connectivity index (χ1v) is 7.67. The summed E-state index contributed by atoms with van der Waals surface area (Å²) in [7, 11) is 0. The minimum atomic E-state index is -0.251. The molecule has 2 fully saturated rings. The van der Waals surface area contributed by atoms with Gasteiger partial charge in [0.05, 0.1) is 5.41 Å². The molecule has 3 nitrogen and oxygen atoms in total. The average molecular weight is 252 g/mol. The Morgan fingerprint density at radius 2 is 1.94 bits per heavy atom. The summed E-state index contributed by atoms with van der Waals surface area (Å²) in [6, 6.07) is 0.395. The molecule has 2 aliphatic rings. The number of carbonyl (C=O) groups is 1. The highest BCUT2D eigenvalue weighted by Gasteiger charge is 2.39. The predicted molar refractivity (Wildman–Crippen MR) is 74.1 cm³/mol. The highest BCUT2D eigenvalue weighted by molar-refractivity contribution is 5.83. The smallest absolute Gasteiger partial charge is 0.227 e. The van der Waals surface area contributed by atoms with Gasteiger partial charge in [-0.2, -0.15) is 0 Å². The van der Waals surface area contributed by atoms with Crippen LogP contribution in [0.15, 0.2) is 0 Å². The van der Waals surface area contributed by atoms with E-state index >= 15 is 0 Å². The monoisotopic (exact) mass is 252 g/mol. The molecule has 18 heavy (non-hydrogen) atoms. The Morgan fingerprint density at radius 1 is 1.22 bits per heavy atom. The minimum absolute atomic E-state index is 0.240. The summed E-state index contributed by atoms with van der Waals surface area (Å²) >= 11 is 0. The molecule has 2 aliphatic carbocycles. The van der Waals surface area contributed by atoms with Crippen molar-refractivity contribution in [2.45, 2.75) is 70.8 Å². The summed E-state index contributed by atoms with van der Waals surface area (Å²) in [4.78, 5) is 12.5. The van der Waals surface area contributed by atoms with Gasteiger partial charge in [-0.1, -0.05) is 39.0 Å². The fourth-order valence-electron chi connectivity index (χ4n) is 3.66. The summed E-state index contributed by atoms with van der Waals surface area (Å²) in [5.74, 6) is 0.994. The lowest BCUT2D eigenvalue weighted by Crippen LogP contribution is -2.51. The second-order valence-corrected chi connectivity index (χ2v) is 6.49. The van der Waals surface area contributed by atoms with Gasteiger partial charge in [-0.05, 0) is 31.6 Å². The first kappa shape index (κ1) is 13.9. The number of nitrogens with two attached hydrogens (primary N) is 1. The lowest BCUT2D eigenvalue weighted by atomic mass is 9.73. The van der Waals surface area contributed by atoms with Crippen LogP contribution in [-0.4, -0.2) is 18.5 Å². The third kappa shape index (κ3) is 3.05. The van der Waals surface area contributed by atoms with Crippen molar-refractivity contribution in [3.8, 4) is 0 Å². The molecule has 104 valence electrons. The molecule has 0 aromatic heterocycles. The van der Waals surface area contributed by atoms with Gasteiger partial charge in [-0.15, -0.1) is 0 Å². The van der Waals surface area contributed by atoms with Crippen molar-refractivity contribution in [1.82, 2.24) is 5.32 Å². The molecule has 1 amide bonds. The van der Waals surface area contributed by atoms with E-state index in [-0.39, 0.29) is 11.3 Å². The van der Waals surface area contributed by atoms with E-state index < -0.39 is 0 Å². The highest BCUT2D eigenvalue weighted by atomic mass is 16.2. The average Bonchev–Trinajstić information content (AvgIpc) is 2.39. The maximum absolute atomic E-state index is 12.5. The highest BCUT2D eigenvalue weighted by Crippen LogP contribution is 2.36. The number of hydrogen-bond donors (Lipinski definition) is 2. The molecule has 0 aromatic rings. The van der Waals surface area contributed by atoms with Crippen molar-refractivity contribution in [2.75, 3.05) is 6.54 Å². The van der Waals surface area contributed by atoms with Gasteiger partial charge in [0.15, 0.2) is 0 Å². The maximum atomic E-state index is 12.5. The van der Waals surface area contributed by atoms with Crippen molar-refractivity contribution >= 4 is 5.91 Å². The standard InChI is InChI=1S/C15H28N2O/c1-12-6-5-7-13(10-12)17-14(18)15(11-16)8-3-2-4-9-15/h12-13H,2-11,16H2,1H3,(H,17,18). The van der Waals surface area contributed by atoms with E-state index in [1.165, 1.54) is 19.3 Å². The van der Waals surface area contributed by atoms with E-state index in [0.29, 0.717) is 12.6 Å². The first-order valence-electron chi connectivity index (χ1n) is 7.67. The van der Waals surface area contributed by atoms with Crippen LogP contribution in [0.25, 0.3) is 0 Å². The van der Waals surface area contributed by atoms with Crippen LogP contribution in [0.5, 0.6) is 0 Å². The minimum Gasteiger partial charge on any atom is -0.353 e. The largest absolute Gasteiger partial charge is 0.353 e. The second-order valence-electron chi connectivity index (χ2n) is 6.49. The molecule has 3 heteroatoms. The summed E-state index contributed by atoms with van der Waals surface area (Å²) in [6.45, 7) is 2.80. The molecular formula is C15H28N2O. The number of amides is 1. The van der Waals surface area contributed by atoms with Crippen LogP contribution in [0.4, 0.5) is 0 Å². The van der Waals surface area contributed by atoms with E-state index in [2.05, 4.69) is 12.2 Å². The van der Waals surface area contributed by atoms with Crippen molar-refractivity contribution in [3.63, 3.8) is 0 Å². The molecule has 0 aliphatic heterocycles. The molecule has 0 heterocycles. The van der Waals surface area contributed by atoms with Crippen LogP contribution in [0.2, 0.25) is 0 Å². The Morgan fingerprint density at radius 3 is 2.56 bits per heavy atom. The second kappa shape index (κ2) is 6.05. The van der Waals surface area contributed by atoms with Gasteiger partial charge in [-0.25, -0.2) is 0 Å². The predicted octanol–water partition coefficient (Wildman–Crippen LogP) is 2.59. The number of carbonyl (C=O) groups excluding carboxylic acids is 1. The quantitative estimate of drug-likeness (QED) is 0.811. The first-order chi connectivity index (χ1) is 8.66. The molecule has 2 unspecified atom stereocenters. The Balaban J connectivity index is 1.92. The van der Waals surface area contributed by atoms with Crippen molar-refractivity contribution in [3.05, 3.63) is 0 Å². The van der Waals surface area contributed by atoms with Crippen molar-refractivity contribution in [1.29, 1.82) is 0 Å². The van der Waals surface area contributed by atoms with Gasteiger partial charge in [0.2, 0.25) is 5.91 Å². The molecule has 2 rings (SSSR count). The van der Waals surface area contributed by atoms with Gasteiger partial charge in [0, 0.05) is 12.6 Å². The van der Waals surface area contributed by atoms with E-state index in [1.807, 2.05) is 0 Å². The van der Waals surface area contributed by atoms with Gasteiger partial charge < -0.3 is 11.1 Å². The molecule has 3 N–H and O–H groups in total. The maximum Gasteiger partial charge on any atom is 0.227 e. The zero-order valence-corrected chi connectivity index (χ0v) is 11.7. The molecule has 0 aromatic carbocycles. The van der Waals surface area contributed by atoms with E-state index in [0.717, 1.165) is 44.4 Å². The zero-order valence-electron chi connectivity index (χ0n) is 11.7. The Hall–Kier alpha value is -0.570. The van der Waals surface area contributed by atoms with Gasteiger partial charge in [0.1, 0.15) is 0 Å². The van der Waals surface area contributed by atoms with E-state index in [4.69, 9.17) is 5.73 Å². The van der Waals surface area contributed by atoms with Crippen LogP contribution >= 0.6 is 0 Å². The fourth-order valence-corrected chi connectivity index (χ4v) is 3.66. The van der Waals surface area contributed by atoms with Gasteiger partial charge >= 0.3 is 0 Å². The molecule has 0 bridgehead atoms. The van der Waals surface area contributed by atoms with Crippen molar-refractivity contribution < 1.29 is 4.79 Å². The van der Waals surface area contributed by atoms with Gasteiger partial charge in [0.25, 0.3) is 0 Å². The van der Waals surface area contributed by atoms with Crippen LogP contribution in [0.3, 0.4) is 0 Å². The Labute approximate surface area is 111 Å². The molecule has 0 spiro atoms. The molecule has 0 radical (unpaired) electrons. The zero-order chi connectivity index (χ0) is 13.0. The SMILES string of the molecule is CC1CCCC(NC(=O)C2(CN)CCCCC2)C1. The summed E-state index contributed by atoms with van der Waals surface area (Å²) < 4.78 is 0. The number of nitrogens with one attached hydrogen (secondary N) is 1. The van der Waals surface area contributed by atoms with Crippen molar-refractivity contribution in [2.24, 2.45) is 17.1 Å². The van der Waals surface area contributed by atoms with Crippen LogP contribution in [0.1, 0.15) is 64.7 Å². The summed E-state index contributed by atoms with van der Waals surface area (Å²) in [5.41, 5.74) is 5.66. The lowest BCUT2D eigenvalue weighted by molar-refractivity contribution is -0.133. The number of rotatable bonds is 3. The molecule has 2 saturated carbocycles. The third-order valence-electron chi connectivity index (χ3n) is 4.95. The Bertz CT molecular complexity index is 284. The van der Waals surface area contributed by atoms with E-state index in [1.54, 1.807) is 0 Å². The topological polar surface area (TPSA) is 55.1 Å². The van der Waals surface area contributed by atoms with Crippen LogP contribution in [-0.2, 0) is 4.79 Å². The Kier molecular flexibility index (Phi) is 4.66. The molecular weight excluding hydrogens is 224 g/mol. The molecule has 2 atom stereocenters. The fraction of sp³-hybridized carbons (Fsp3) is 0.933. The van der Waals surface area contributed by atoms with E-state index in [9.17, 15) is 4.79 Å². The lowest BCUT2D eigenvalue weighted by Gasteiger charge is -2.37. The summed E-state index contributed by atoms with van der Waals surface area (Å²) in [6.07, 6.45) is 10.4. The summed E-state index contributed by atoms with van der Waals surface area (Å²) in [5, 5.41) is 3.29. The van der Waals surface area contributed by atoms with Crippen LogP contribution in [0, 0.1) is 11.3 Å². The van der Waals surface area contributed by atoms with Crippen LogP contribution < -0.4 is 11.1 Å².